The van der Waals surface area contributed by atoms with Crippen LogP contribution in [0.15, 0.2) is 36.4 Å². The number of esters is 1. The lowest BCUT2D eigenvalue weighted by Gasteiger charge is -2.24. The molecule has 0 bridgehead atoms. The minimum absolute atomic E-state index is 0.289. The maximum Gasteiger partial charge on any atom is 0.332 e. The van der Waals surface area contributed by atoms with Crippen LogP contribution in [0.25, 0.3) is 5.70 Å². The number of benzene rings is 1. The number of carbonyl (C=O) groups is 1. The van der Waals surface area contributed by atoms with E-state index in [1.165, 1.54) is 0 Å². The Balaban J connectivity index is 3.06. The van der Waals surface area contributed by atoms with Gasteiger partial charge in [0.1, 0.15) is 0 Å². The molecule has 0 aliphatic heterocycles. The van der Waals surface area contributed by atoms with Gasteiger partial charge in [0.2, 0.25) is 0 Å². The monoisotopic (exact) mass is 247 g/mol. The molecule has 0 saturated heterocycles. The van der Waals surface area contributed by atoms with E-state index in [0.717, 1.165) is 24.4 Å². The van der Waals surface area contributed by atoms with Gasteiger partial charge in [-0.25, -0.2) is 4.79 Å². The summed E-state index contributed by atoms with van der Waals surface area (Å²) in [6.45, 7) is 8.07. The lowest BCUT2D eigenvalue weighted by molar-refractivity contribution is -0.137. The van der Waals surface area contributed by atoms with Crippen LogP contribution in [0, 0.1) is 0 Å². The molecule has 0 aromatic heterocycles. The van der Waals surface area contributed by atoms with Gasteiger partial charge in [-0.15, -0.1) is 0 Å². The van der Waals surface area contributed by atoms with Crippen LogP contribution in [-0.2, 0) is 9.53 Å². The van der Waals surface area contributed by atoms with E-state index in [4.69, 9.17) is 4.74 Å². The zero-order valence-electron chi connectivity index (χ0n) is 11.3. The summed E-state index contributed by atoms with van der Waals surface area (Å²) in [5, 5.41) is 0. The number of ether oxygens (including phenoxy) is 1. The van der Waals surface area contributed by atoms with Crippen LogP contribution in [0.4, 0.5) is 0 Å². The van der Waals surface area contributed by atoms with Gasteiger partial charge in [0.25, 0.3) is 0 Å². The molecule has 0 aliphatic rings. The van der Waals surface area contributed by atoms with Gasteiger partial charge >= 0.3 is 5.97 Å². The first-order chi connectivity index (χ1) is 8.72. The van der Waals surface area contributed by atoms with Gasteiger partial charge in [-0.3, -0.25) is 0 Å². The van der Waals surface area contributed by atoms with Crippen LogP contribution < -0.4 is 0 Å². The van der Waals surface area contributed by atoms with E-state index < -0.39 is 0 Å². The fourth-order valence-corrected chi connectivity index (χ4v) is 1.83. The molecule has 0 unspecified atom stereocenters. The van der Waals surface area contributed by atoms with Gasteiger partial charge in [0.05, 0.1) is 12.3 Å². The van der Waals surface area contributed by atoms with E-state index in [1.807, 2.05) is 37.3 Å². The van der Waals surface area contributed by atoms with Gasteiger partial charge < -0.3 is 9.64 Å². The maximum absolute atomic E-state index is 11.6. The van der Waals surface area contributed by atoms with E-state index in [0.29, 0.717) is 6.61 Å². The molecule has 1 aromatic rings. The molecule has 0 heterocycles. The van der Waals surface area contributed by atoms with Crippen molar-refractivity contribution in [3.05, 3.63) is 42.0 Å². The highest BCUT2D eigenvalue weighted by Gasteiger charge is 2.10. The SMILES string of the molecule is CCOC(=O)/C=C(\c1ccccc1)N(CC)CC. The van der Waals surface area contributed by atoms with Gasteiger partial charge in [0.15, 0.2) is 0 Å². The first-order valence-corrected chi connectivity index (χ1v) is 6.41. The van der Waals surface area contributed by atoms with Gasteiger partial charge in [0, 0.05) is 19.2 Å². The molecule has 98 valence electrons. The van der Waals surface area contributed by atoms with Gasteiger partial charge in [-0.1, -0.05) is 30.3 Å². The zero-order valence-corrected chi connectivity index (χ0v) is 11.3. The van der Waals surface area contributed by atoms with Crippen molar-refractivity contribution < 1.29 is 9.53 Å². The Bertz CT molecular complexity index is 394. The van der Waals surface area contributed by atoms with Crippen LogP contribution in [-0.4, -0.2) is 30.6 Å². The summed E-state index contributed by atoms with van der Waals surface area (Å²) in [7, 11) is 0. The summed E-state index contributed by atoms with van der Waals surface area (Å²) in [5.74, 6) is -0.289. The van der Waals surface area contributed by atoms with Crippen molar-refractivity contribution in [2.24, 2.45) is 0 Å². The molecule has 3 nitrogen and oxygen atoms in total. The Kier molecular flexibility index (Phi) is 5.98. The highest BCUT2D eigenvalue weighted by Crippen LogP contribution is 2.18. The number of rotatable bonds is 6. The highest BCUT2D eigenvalue weighted by atomic mass is 16.5. The Morgan fingerprint density at radius 1 is 1.17 bits per heavy atom. The van der Waals surface area contributed by atoms with Crippen molar-refractivity contribution in [1.82, 2.24) is 4.90 Å². The Morgan fingerprint density at radius 3 is 2.28 bits per heavy atom. The third-order valence-corrected chi connectivity index (χ3v) is 2.71. The predicted molar refractivity (Wildman–Crippen MR) is 74.0 cm³/mol. The molecule has 3 heteroatoms. The standard InChI is InChI=1S/C15H21NO2/c1-4-16(5-2)14(12-15(17)18-6-3)13-10-8-7-9-11-13/h7-12H,4-6H2,1-3H3/b14-12+. The molecule has 0 radical (unpaired) electrons. The van der Waals surface area contributed by atoms with Crippen molar-refractivity contribution in [3.8, 4) is 0 Å². The van der Waals surface area contributed by atoms with Crippen molar-refractivity contribution >= 4 is 11.7 Å². The van der Waals surface area contributed by atoms with Crippen molar-refractivity contribution in [1.29, 1.82) is 0 Å². The minimum Gasteiger partial charge on any atom is -0.463 e. The zero-order chi connectivity index (χ0) is 13.4. The van der Waals surface area contributed by atoms with E-state index >= 15 is 0 Å². The summed E-state index contributed by atoms with van der Waals surface area (Å²) in [6, 6.07) is 9.91. The third kappa shape index (κ3) is 3.91. The molecule has 0 spiro atoms. The molecular formula is C15H21NO2. The average molecular weight is 247 g/mol. The topological polar surface area (TPSA) is 29.5 Å². The quantitative estimate of drug-likeness (QED) is 0.572. The lowest BCUT2D eigenvalue weighted by atomic mass is 10.1. The average Bonchev–Trinajstić information content (AvgIpc) is 2.40. The largest absolute Gasteiger partial charge is 0.463 e. The molecule has 0 N–H and O–H groups in total. The molecule has 1 rings (SSSR count). The Labute approximate surface area is 109 Å². The summed E-state index contributed by atoms with van der Waals surface area (Å²) in [6.07, 6.45) is 1.58. The summed E-state index contributed by atoms with van der Waals surface area (Å²) in [4.78, 5) is 13.8. The second-order valence-electron chi connectivity index (χ2n) is 3.82. The fraction of sp³-hybridized carbons (Fsp3) is 0.400. The summed E-state index contributed by atoms with van der Waals surface area (Å²) >= 11 is 0. The van der Waals surface area contributed by atoms with E-state index in [1.54, 1.807) is 6.08 Å². The molecule has 0 amide bonds. The van der Waals surface area contributed by atoms with Crippen LogP contribution >= 0.6 is 0 Å². The number of nitrogens with zero attached hydrogens (tertiary/aromatic N) is 1. The Hall–Kier alpha value is -1.77. The molecule has 18 heavy (non-hydrogen) atoms. The molecular weight excluding hydrogens is 226 g/mol. The first kappa shape index (κ1) is 14.3. The van der Waals surface area contributed by atoms with Crippen LogP contribution in [0.3, 0.4) is 0 Å². The molecule has 0 aliphatic carbocycles. The van der Waals surface area contributed by atoms with Gasteiger partial charge in [-0.2, -0.15) is 0 Å². The highest BCUT2D eigenvalue weighted by molar-refractivity contribution is 5.90. The first-order valence-electron chi connectivity index (χ1n) is 6.41. The number of hydrogen-bond donors (Lipinski definition) is 0. The molecule has 0 atom stereocenters. The lowest BCUT2D eigenvalue weighted by Crippen LogP contribution is -2.22. The predicted octanol–water partition coefficient (Wildman–Crippen LogP) is 2.93. The van der Waals surface area contributed by atoms with Crippen LogP contribution in [0.2, 0.25) is 0 Å². The van der Waals surface area contributed by atoms with E-state index in [9.17, 15) is 4.79 Å². The summed E-state index contributed by atoms with van der Waals surface area (Å²) < 4.78 is 4.99. The molecule has 0 saturated carbocycles. The van der Waals surface area contributed by atoms with Crippen molar-refractivity contribution in [3.63, 3.8) is 0 Å². The second-order valence-corrected chi connectivity index (χ2v) is 3.82. The number of carbonyl (C=O) groups excluding carboxylic acids is 1. The number of hydrogen-bond acceptors (Lipinski definition) is 3. The van der Waals surface area contributed by atoms with Gasteiger partial charge in [-0.05, 0) is 26.3 Å². The molecule has 1 aromatic carbocycles. The van der Waals surface area contributed by atoms with Crippen LogP contribution in [0.1, 0.15) is 26.3 Å². The third-order valence-electron chi connectivity index (χ3n) is 2.71. The minimum atomic E-state index is -0.289. The normalized spacial score (nSPS) is 11.2. The molecule has 0 fully saturated rings. The van der Waals surface area contributed by atoms with Crippen molar-refractivity contribution in [2.45, 2.75) is 20.8 Å². The second kappa shape index (κ2) is 7.54. The maximum atomic E-state index is 11.6. The van der Waals surface area contributed by atoms with E-state index in [2.05, 4.69) is 18.7 Å². The fourth-order valence-electron chi connectivity index (χ4n) is 1.83. The van der Waals surface area contributed by atoms with Crippen LogP contribution in [0.5, 0.6) is 0 Å². The van der Waals surface area contributed by atoms with E-state index in [-0.39, 0.29) is 5.97 Å². The Morgan fingerprint density at radius 2 is 1.78 bits per heavy atom. The smallest absolute Gasteiger partial charge is 0.332 e. The summed E-state index contributed by atoms with van der Waals surface area (Å²) in [5.41, 5.74) is 1.95. The van der Waals surface area contributed by atoms with Crippen molar-refractivity contribution in [2.75, 3.05) is 19.7 Å².